The third kappa shape index (κ3) is 4.77. The number of nitrogens with zero attached hydrogens (tertiary/aromatic N) is 4. The van der Waals surface area contributed by atoms with Gasteiger partial charge in [0.2, 0.25) is 0 Å². The molecule has 238 valence electrons. The van der Waals surface area contributed by atoms with Crippen molar-refractivity contribution in [2.45, 2.75) is 75.9 Å². The number of hydrogen-bond donors (Lipinski definition) is 2. The predicted molar refractivity (Wildman–Crippen MR) is 165 cm³/mol. The zero-order valence-electron chi connectivity index (χ0n) is 25.5. The van der Waals surface area contributed by atoms with Gasteiger partial charge in [0, 0.05) is 22.9 Å². The van der Waals surface area contributed by atoms with Gasteiger partial charge in [0.15, 0.2) is 0 Å². The van der Waals surface area contributed by atoms with Gasteiger partial charge < -0.3 is 14.6 Å². The molecule has 46 heavy (non-hydrogen) atoms. The molecule has 9 nitrogen and oxygen atoms in total. The second kappa shape index (κ2) is 10.4. The van der Waals surface area contributed by atoms with Crippen molar-refractivity contribution in [2.75, 3.05) is 0 Å². The highest BCUT2D eigenvalue weighted by Gasteiger charge is 2.57. The van der Waals surface area contributed by atoms with Gasteiger partial charge in [0.25, 0.3) is 5.91 Å². The molecular weight excluding hydrogens is 617 g/mol. The van der Waals surface area contributed by atoms with Crippen LogP contribution in [-0.4, -0.2) is 36.0 Å². The normalized spacial score (nSPS) is 25.7. The number of amides is 1. The first-order valence-electron chi connectivity index (χ1n) is 14.9. The molecule has 1 unspecified atom stereocenters. The summed E-state index contributed by atoms with van der Waals surface area (Å²) in [6, 6.07) is 12.7. The topological polar surface area (TPSA) is 122 Å². The molecule has 0 spiro atoms. The standard InChI is InChI=1S/C33H31F3N6O3S/c1-31(2,3)46(44)41-33(14-32(4,15-33)16-37)27-20(34)10-18(13-38-27)17-8-9-21-23(11-17)42-24-12-22(28(42)39-21)40-29(43)19-6-5-7-25(26(19)24)45-30(35)36/h5-11,13,22,24,30,41H,12,14-15H2,1-4H3,(H,40,43)/t22-,24+,32?,33?,46?/m1/s1. The van der Waals surface area contributed by atoms with Crippen LogP contribution in [0.3, 0.4) is 0 Å². The molecule has 2 bridgehead atoms. The molecule has 1 aliphatic carbocycles. The Morgan fingerprint density at radius 2 is 1.96 bits per heavy atom. The second-order valence-corrected chi connectivity index (χ2v) is 15.5. The minimum atomic E-state index is -3.07. The first-order valence-corrected chi connectivity index (χ1v) is 16.0. The largest absolute Gasteiger partial charge is 0.434 e. The van der Waals surface area contributed by atoms with Crippen molar-refractivity contribution in [1.82, 2.24) is 24.6 Å². The number of benzene rings is 2. The number of nitrogens with one attached hydrogen (secondary N) is 2. The monoisotopic (exact) mass is 648 g/mol. The fourth-order valence-corrected chi connectivity index (χ4v) is 8.02. The molecule has 2 aromatic carbocycles. The van der Waals surface area contributed by atoms with Crippen LogP contribution in [0.15, 0.2) is 48.7 Å². The van der Waals surface area contributed by atoms with Gasteiger partial charge in [-0.3, -0.25) is 9.78 Å². The lowest BCUT2D eigenvalue weighted by Crippen LogP contribution is -2.59. The van der Waals surface area contributed by atoms with E-state index >= 15 is 4.39 Å². The lowest BCUT2D eigenvalue weighted by molar-refractivity contribution is -0.0507. The highest BCUT2D eigenvalue weighted by Crippen LogP contribution is 2.54. The van der Waals surface area contributed by atoms with Crippen LogP contribution in [0.5, 0.6) is 5.75 Å². The summed E-state index contributed by atoms with van der Waals surface area (Å²) in [5, 5.41) is 12.6. The molecule has 1 amide bonds. The molecule has 1 saturated carbocycles. The number of ether oxygens (including phenoxy) is 1. The number of aromatic nitrogens is 3. The third-order valence-corrected chi connectivity index (χ3v) is 10.8. The molecule has 0 saturated heterocycles. The second-order valence-electron chi connectivity index (χ2n) is 13.6. The van der Waals surface area contributed by atoms with E-state index < -0.39 is 51.2 Å². The highest BCUT2D eigenvalue weighted by atomic mass is 32.2. The van der Waals surface area contributed by atoms with E-state index in [0.717, 1.165) is 0 Å². The number of rotatable bonds is 6. The van der Waals surface area contributed by atoms with Gasteiger partial charge in [-0.1, -0.05) is 12.1 Å². The summed E-state index contributed by atoms with van der Waals surface area (Å²) < 4.78 is 65.1. The van der Waals surface area contributed by atoms with E-state index in [2.05, 4.69) is 21.1 Å². The van der Waals surface area contributed by atoms with Gasteiger partial charge in [-0.25, -0.2) is 18.3 Å². The fourth-order valence-electron chi connectivity index (χ4n) is 7.12. The molecule has 1 fully saturated rings. The summed E-state index contributed by atoms with van der Waals surface area (Å²) in [4.78, 5) is 22.3. The number of imidazole rings is 1. The van der Waals surface area contributed by atoms with Crippen molar-refractivity contribution >= 4 is 27.9 Å². The maximum Gasteiger partial charge on any atom is 0.387 e. The van der Waals surface area contributed by atoms with Crippen LogP contribution < -0.4 is 14.8 Å². The Hall–Kier alpha value is -4.28. The van der Waals surface area contributed by atoms with Gasteiger partial charge in [-0.05, 0) is 82.9 Å². The first-order chi connectivity index (χ1) is 21.7. The number of alkyl halides is 2. The predicted octanol–water partition coefficient (Wildman–Crippen LogP) is 6.19. The molecule has 13 heteroatoms. The van der Waals surface area contributed by atoms with E-state index in [9.17, 15) is 23.0 Å². The molecular formula is C33H31F3N6O3S. The van der Waals surface area contributed by atoms with Crippen molar-refractivity contribution in [3.63, 3.8) is 0 Å². The van der Waals surface area contributed by atoms with Gasteiger partial charge >= 0.3 is 6.61 Å². The Morgan fingerprint density at radius 1 is 1.20 bits per heavy atom. The van der Waals surface area contributed by atoms with Crippen molar-refractivity contribution < 1.29 is 26.9 Å². The smallest absolute Gasteiger partial charge is 0.387 e. The summed E-state index contributed by atoms with van der Waals surface area (Å²) in [5.41, 5.74) is 1.40. The van der Waals surface area contributed by atoms with E-state index in [1.54, 1.807) is 31.3 Å². The van der Waals surface area contributed by atoms with Gasteiger partial charge in [-0.2, -0.15) is 14.0 Å². The van der Waals surface area contributed by atoms with Crippen LogP contribution in [0.25, 0.3) is 22.2 Å². The Bertz CT molecular complexity index is 1990. The van der Waals surface area contributed by atoms with Crippen LogP contribution in [0.1, 0.15) is 86.5 Å². The van der Waals surface area contributed by atoms with Crippen LogP contribution in [-0.2, 0) is 16.5 Å². The van der Waals surface area contributed by atoms with Crippen molar-refractivity contribution in [3.05, 3.63) is 77.1 Å². The Kier molecular flexibility index (Phi) is 6.85. The fraction of sp³-hybridized carbons (Fsp3) is 0.394. The lowest BCUT2D eigenvalue weighted by Gasteiger charge is -2.51. The number of hydrogen-bond acceptors (Lipinski definition) is 6. The maximum atomic E-state index is 16.0. The summed E-state index contributed by atoms with van der Waals surface area (Å²) >= 11 is 0. The van der Waals surface area contributed by atoms with Crippen molar-refractivity contribution in [2.24, 2.45) is 5.41 Å². The zero-order valence-corrected chi connectivity index (χ0v) is 26.3. The van der Waals surface area contributed by atoms with Gasteiger partial charge in [0.1, 0.15) is 17.4 Å². The van der Waals surface area contributed by atoms with Crippen molar-refractivity contribution in [1.29, 1.82) is 5.26 Å². The maximum absolute atomic E-state index is 16.0. The van der Waals surface area contributed by atoms with E-state index in [0.29, 0.717) is 40.0 Å². The van der Waals surface area contributed by atoms with Crippen molar-refractivity contribution in [3.8, 4) is 22.9 Å². The Balaban J connectivity index is 1.29. The molecule has 2 N–H and O–H groups in total. The van der Waals surface area contributed by atoms with E-state index in [1.165, 1.54) is 18.2 Å². The molecule has 7 rings (SSSR count). The highest BCUT2D eigenvalue weighted by molar-refractivity contribution is 7.84. The third-order valence-electron chi connectivity index (χ3n) is 9.09. The summed E-state index contributed by atoms with van der Waals surface area (Å²) in [6.07, 6.45) is 2.48. The minimum absolute atomic E-state index is 0.0700. The quantitative estimate of drug-likeness (QED) is 0.257. The molecule has 4 aromatic rings. The zero-order chi connectivity index (χ0) is 32.8. The lowest BCUT2D eigenvalue weighted by atomic mass is 9.58. The van der Waals surface area contributed by atoms with Gasteiger partial charge in [0.05, 0.1) is 61.6 Å². The number of nitriles is 1. The first kappa shape index (κ1) is 30.4. The van der Waals surface area contributed by atoms with E-state index in [-0.39, 0.29) is 35.8 Å². The molecule has 3 atom stereocenters. The van der Waals surface area contributed by atoms with E-state index in [1.807, 2.05) is 31.4 Å². The summed E-state index contributed by atoms with van der Waals surface area (Å²) in [5.74, 6) is -0.456. The summed E-state index contributed by atoms with van der Waals surface area (Å²) in [7, 11) is -1.53. The average molecular weight is 649 g/mol. The molecule has 0 radical (unpaired) electrons. The molecule has 3 aliphatic rings. The number of pyridine rings is 1. The van der Waals surface area contributed by atoms with Crippen LogP contribution >= 0.6 is 0 Å². The number of carbonyl (C=O) groups is 1. The molecule has 2 aromatic heterocycles. The van der Waals surface area contributed by atoms with Crippen LogP contribution in [0, 0.1) is 22.6 Å². The van der Waals surface area contributed by atoms with Gasteiger partial charge in [-0.15, -0.1) is 0 Å². The summed E-state index contributed by atoms with van der Waals surface area (Å²) in [6.45, 7) is 4.18. The molecule has 2 aliphatic heterocycles. The Morgan fingerprint density at radius 3 is 2.63 bits per heavy atom. The van der Waals surface area contributed by atoms with Crippen LogP contribution in [0.4, 0.5) is 13.2 Å². The number of carbonyl (C=O) groups excluding carboxylic acids is 1. The average Bonchev–Trinajstić information content (AvgIpc) is 3.47. The number of halogens is 3. The van der Waals surface area contributed by atoms with Crippen LogP contribution in [0.2, 0.25) is 0 Å². The van der Waals surface area contributed by atoms with E-state index in [4.69, 9.17) is 9.72 Å². The minimum Gasteiger partial charge on any atom is -0.434 e. The number of fused-ring (bicyclic) bond motifs is 9. The SMILES string of the molecule is CC1(C#N)CC(NS(=O)C(C)(C)C)(c2ncc(-c3ccc4nc5n(c4c3)[C@H]3C[C@H]5NC(=O)c4cccc(OC(F)F)c43)cc2F)C1. The molecule has 4 heterocycles. The Labute approximate surface area is 265 Å².